The van der Waals surface area contributed by atoms with E-state index in [1.165, 1.54) is 16.8 Å². The molecule has 1 unspecified atom stereocenters. The van der Waals surface area contributed by atoms with Gasteiger partial charge in [-0.2, -0.15) is 0 Å². The van der Waals surface area contributed by atoms with Crippen molar-refractivity contribution in [2.24, 2.45) is 0 Å². The third kappa shape index (κ3) is 4.57. The molecule has 4 rings (SSSR count). The zero-order valence-electron chi connectivity index (χ0n) is 16.2. The number of carbonyl (C=O) groups excluding carboxylic acids is 3. The molecule has 0 bridgehead atoms. The van der Waals surface area contributed by atoms with Gasteiger partial charge in [-0.05, 0) is 29.8 Å². The van der Waals surface area contributed by atoms with Gasteiger partial charge in [0.15, 0.2) is 0 Å². The molecule has 0 radical (unpaired) electrons. The van der Waals surface area contributed by atoms with Gasteiger partial charge in [0.1, 0.15) is 5.37 Å². The van der Waals surface area contributed by atoms with E-state index in [0.717, 1.165) is 5.56 Å². The van der Waals surface area contributed by atoms with Crippen LogP contribution < -0.4 is 10.7 Å². The van der Waals surface area contributed by atoms with Crippen LogP contribution in [0.3, 0.4) is 0 Å². The topological polar surface area (TPSA) is 78.5 Å². The Labute approximate surface area is 188 Å². The molecule has 1 fully saturated rings. The second-order valence-corrected chi connectivity index (χ2v) is 8.23. The van der Waals surface area contributed by atoms with Crippen molar-refractivity contribution < 1.29 is 14.4 Å². The van der Waals surface area contributed by atoms with E-state index in [9.17, 15) is 14.4 Å². The Kier molecular flexibility index (Phi) is 6.25. The minimum Gasteiger partial charge on any atom is -0.321 e. The molecule has 3 aromatic carbocycles. The first-order chi connectivity index (χ1) is 15.0. The highest BCUT2D eigenvalue weighted by molar-refractivity contribution is 8.00. The van der Waals surface area contributed by atoms with E-state index in [-0.39, 0.29) is 22.6 Å². The largest absolute Gasteiger partial charge is 0.321 e. The number of hydrogen-bond acceptors (Lipinski definition) is 4. The lowest BCUT2D eigenvalue weighted by atomic mass is 10.1. The summed E-state index contributed by atoms with van der Waals surface area (Å²) < 4.78 is 0. The van der Waals surface area contributed by atoms with Crippen molar-refractivity contribution in [1.82, 2.24) is 10.4 Å². The van der Waals surface area contributed by atoms with E-state index < -0.39 is 11.8 Å². The number of benzene rings is 3. The number of anilines is 1. The predicted octanol–water partition coefficient (Wildman–Crippen LogP) is 4.51. The number of carbonyl (C=O) groups is 3. The number of hydrogen-bond donors (Lipinski definition) is 2. The molecule has 1 atom stereocenters. The van der Waals surface area contributed by atoms with Gasteiger partial charge < -0.3 is 5.32 Å². The number of nitrogens with zero attached hydrogens (tertiary/aromatic N) is 1. The second-order valence-electron chi connectivity index (χ2n) is 6.76. The fourth-order valence-electron chi connectivity index (χ4n) is 3.20. The van der Waals surface area contributed by atoms with Crippen molar-refractivity contribution in [3.63, 3.8) is 0 Å². The summed E-state index contributed by atoms with van der Waals surface area (Å²) in [5.41, 5.74) is 4.48. The van der Waals surface area contributed by atoms with E-state index in [0.29, 0.717) is 16.3 Å². The Hall–Kier alpha value is -3.29. The molecule has 0 aliphatic carbocycles. The van der Waals surface area contributed by atoms with Gasteiger partial charge in [-0.1, -0.05) is 66.2 Å². The lowest BCUT2D eigenvalue weighted by Crippen LogP contribution is -2.44. The van der Waals surface area contributed by atoms with Crippen LogP contribution in [-0.4, -0.2) is 28.5 Å². The van der Waals surface area contributed by atoms with Gasteiger partial charge in [0.25, 0.3) is 17.7 Å². The standard InChI is InChI=1S/C23H18ClN3O3S/c24-18-12-6-4-10-16(18)21(29)25-19-13-7-5-11-17(19)22(30)26-27-20(28)14-31-23(27)15-8-2-1-3-9-15/h1-13,23H,14H2,(H,25,29)(H,26,30). The third-order valence-electron chi connectivity index (χ3n) is 4.71. The van der Waals surface area contributed by atoms with E-state index in [1.54, 1.807) is 48.5 Å². The van der Waals surface area contributed by atoms with Crippen LogP contribution in [0.2, 0.25) is 5.02 Å². The average Bonchev–Trinajstić information content (AvgIpc) is 3.15. The number of nitrogens with one attached hydrogen (secondary N) is 2. The quantitative estimate of drug-likeness (QED) is 0.598. The summed E-state index contributed by atoms with van der Waals surface area (Å²) in [6, 6.07) is 22.8. The summed E-state index contributed by atoms with van der Waals surface area (Å²) in [6.45, 7) is 0. The fraction of sp³-hybridized carbons (Fsp3) is 0.0870. The molecule has 1 heterocycles. The highest BCUT2D eigenvalue weighted by Crippen LogP contribution is 2.37. The summed E-state index contributed by atoms with van der Waals surface area (Å²) >= 11 is 7.54. The molecular weight excluding hydrogens is 434 g/mol. The van der Waals surface area contributed by atoms with Gasteiger partial charge in [0.05, 0.1) is 27.6 Å². The Morgan fingerprint density at radius 2 is 1.52 bits per heavy atom. The van der Waals surface area contributed by atoms with Crippen molar-refractivity contribution >= 4 is 46.8 Å². The van der Waals surface area contributed by atoms with E-state index in [1.807, 2.05) is 30.3 Å². The minimum atomic E-state index is -0.494. The smallest absolute Gasteiger partial charge is 0.272 e. The van der Waals surface area contributed by atoms with Crippen molar-refractivity contribution in [3.05, 3.63) is 101 Å². The van der Waals surface area contributed by atoms with Crippen LogP contribution in [0.25, 0.3) is 0 Å². The van der Waals surface area contributed by atoms with Crippen LogP contribution >= 0.6 is 23.4 Å². The molecule has 0 spiro atoms. The van der Waals surface area contributed by atoms with Gasteiger partial charge >= 0.3 is 0 Å². The first-order valence-corrected chi connectivity index (χ1v) is 10.9. The molecule has 0 saturated carbocycles. The third-order valence-corrected chi connectivity index (χ3v) is 6.25. The highest BCUT2D eigenvalue weighted by atomic mass is 35.5. The summed E-state index contributed by atoms with van der Waals surface area (Å²) in [4.78, 5) is 38.1. The Balaban J connectivity index is 1.55. The first kappa shape index (κ1) is 21.0. The molecule has 2 N–H and O–H groups in total. The Bertz CT molecular complexity index is 1140. The molecule has 1 aliphatic heterocycles. The monoisotopic (exact) mass is 451 g/mol. The maximum atomic E-state index is 13.0. The predicted molar refractivity (Wildman–Crippen MR) is 122 cm³/mol. The number of thioether (sulfide) groups is 1. The normalized spacial score (nSPS) is 15.6. The van der Waals surface area contributed by atoms with E-state index in [4.69, 9.17) is 11.6 Å². The van der Waals surface area contributed by atoms with Crippen molar-refractivity contribution in [1.29, 1.82) is 0 Å². The number of halogens is 1. The lowest BCUT2D eigenvalue weighted by molar-refractivity contribution is -0.130. The van der Waals surface area contributed by atoms with Crippen molar-refractivity contribution in [3.8, 4) is 0 Å². The van der Waals surface area contributed by atoms with Crippen LogP contribution in [0.1, 0.15) is 31.7 Å². The fourth-order valence-corrected chi connectivity index (χ4v) is 4.53. The molecule has 3 aromatic rings. The van der Waals surface area contributed by atoms with E-state index in [2.05, 4.69) is 10.7 Å². The molecule has 3 amide bonds. The van der Waals surface area contributed by atoms with Crippen molar-refractivity contribution in [2.45, 2.75) is 5.37 Å². The zero-order valence-corrected chi connectivity index (χ0v) is 17.8. The van der Waals surface area contributed by atoms with Gasteiger partial charge in [0.2, 0.25) is 0 Å². The minimum absolute atomic E-state index is 0.190. The molecule has 1 aliphatic rings. The van der Waals surface area contributed by atoms with Crippen molar-refractivity contribution in [2.75, 3.05) is 11.1 Å². The van der Waals surface area contributed by atoms with Crippen LogP contribution in [0, 0.1) is 0 Å². The maximum absolute atomic E-state index is 13.0. The highest BCUT2D eigenvalue weighted by Gasteiger charge is 2.34. The number of amides is 3. The molecular formula is C23H18ClN3O3S. The number of para-hydroxylation sites is 1. The number of hydrazine groups is 1. The van der Waals surface area contributed by atoms with E-state index >= 15 is 0 Å². The summed E-state index contributed by atoms with van der Waals surface area (Å²) in [5, 5.41) is 4.07. The van der Waals surface area contributed by atoms with Crippen LogP contribution in [-0.2, 0) is 4.79 Å². The molecule has 156 valence electrons. The molecule has 0 aromatic heterocycles. The maximum Gasteiger partial charge on any atom is 0.272 e. The van der Waals surface area contributed by atoms with Gasteiger partial charge in [-0.25, -0.2) is 5.01 Å². The van der Waals surface area contributed by atoms with Gasteiger partial charge in [0, 0.05) is 0 Å². The molecule has 31 heavy (non-hydrogen) atoms. The van der Waals surface area contributed by atoms with Crippen LogP contribution in [0.15, 0.2) is 78.9 Å². The van der Waals surface area contributed by atoms with Gasteiger partial charge in [-0.15, -0.1) is 11.8 Å². The Morgan fingerprint density at radius 1 is 0.871 bits per heavy atom. The molecule has 8 heteroatoms. The Morgan fingerprint density at radius 3 is 2.26 bits per heavy atom. The van der Waals surface area contributed by atoms with Crippen LogP contribution in [0.5, 0.6) is 0 Å². The summed E-state index contributed by atoms with van der Waals surface area (Å²) in [6.07, 6.45) is 0. The number of rotatable bonds is 5. The summed E-state index contributed by atoms with van der Waals surface area (Å²) in [5.74, 6) is -0.845. The zero-order chi connectivity index (χ0) is 21.8. The SMILES string of the molecule is O=C(Nc1ccccc1C(=O)NN1C(=O)CSC1c1ccccc1)c1ccccc1Cl. The lowest BCUT2D eigenvalue weighted by Gasteiger charge is -2.25. The molecule has 6 nitrogen and oxygen atoms in total. The second kappa shape index (κ2) is 9.24. The molecule has 1 saturated heterocycles. The summed E-state index contributed by atoms with van der Waals surface area (Å²) in [7, 11) is 0. The van der Waals surface area contributed by atoms with Crippen LogP contribution in [0.4, 0.5) is 5.69 Å². The first-order valence-electron chi connectivity index (χ1n) is 9.49. The average molecular weight is 452 g/mol. The van der Waals surface area contributed by atoms with Gasteiger partial charge in [-0.3, -0.25) is 19.8 Å².